The summed E-state index contributed by atoms with van der Waals surface area (Å²) in [6, 6.07) is 16.5. The molecule has 3 aromatic carbocycles. The Hall–Kier alpha value is -1.68. The summed E-state index contributed by atoms with van der Waals surface area (Å²) in [7, 11) is 2.81. The number of carbonyl (C=O) groups is 1. The Labute approximate surface area is 241 Å². The topological polar surface area (TPSA) is 89.9 Å². The molecule has 4 rings (SSSR count). The van der Waals surface area contributed by atoms with E-state index in [-0.39, 0.29) is 59.0 Å². The van der Waals surface area contributed by atoms with Crippen LogP contribution in [0.3, 0.4) is 0 Å². The first kappa shape index (κ1) is 35.5. The summed E-state index contributed by atoms with van der Waals surface area (Å²) in [4.78, 5) is 32.6. The number of carbonyl (C=O) groups excluding carboxylic acids is 1. The fourth-order valence-corrected chi connectivity index (χ4v) is 3.29. The molecule has 1 aliphatic rings. The molecule has 35 heavy (non-hydrogen) atoms. The van der Waals surface area contributed by atoms with Gasteiger partial charge in [-0.2, -0.15) is 30.3 Å². The van der Waals surface area contributed by atoms with Crippen LogP contribution in [-0.4, -0.2) is 48.2 Å². The zero-order chi connectivity index (χ0) is 24.1. The van der Waals surface area contributed by atoms with Crippen molar-refractivity contribution in [1.82, 2.24) is 0 Å². The van der Waals surface area contributed by atoms with Gasteiger partial charge in [0.1, 0.15) is 5.76 Å². The second-order valence-electron chi connectivity index (χ2n) is 6.74. The largest absolute Gasteiger partial charge is 2.00 e. The van der Waals surface area contributed by atoms with E-state index in [9.17, 15) is 19.5 Å². The minimum atomic E-state index is -1.64. The van der Waals surface area contributed by atoms with Crippen molar-refractivity contribution in [2.75, 3.05) is 14.2 Å². The van der Waals surface area contributed by atoms with Gasteiger partial charge < -0.3 is 31.6 Å². The van der Waals surface area contributed by atoms with E-state index in [2.05, 4.69) is 10.8 Å². The standard InChI is InChI=1S/C12H11ClO3.C6H4Cl.C6H6O3.CH4.BrH.Mg/c1-7-10(14)12(15,11(7)16-2)8-3-5-9(13)6-4-8;7-6-4-2-1-3-5-6;1-3-4(7)5(8)6(3)9-2;;;/h3-6,15H,1-2H3;2-5H;1-2H3;1H4;1H;/q;-1;;;;+2/p-1. The molecule has 0 aromatic heterocycles. The summed E-state index contributed by atoms with van der Waals surface area (Å²) >= 11 is 11.3. The van der Waals surface area contributed by atoms with Crippen LogP contribution in [0.4, 0.5) is 0 Å². The van der Waals surface area contributed by atoms with Crippen molar-refractivity contribution in [2.24, 2.45) is 0 Å². The molecule has 3 aromatic rings. The Morgan fingerprint density at radius 2 is 1.34 bits per heavy atom. The zero-order valence-electron chi connectivity index (χ0n) is 18.9. The van der Waals surface area contributed by atoms with Crippen LogP contribution in [0, 0.1) is 13.0 Å². The molecule has 1 atom stereocenters. The van der Waals surface area contributed by atoms with E-state index in [1.165, 1.54) is 14.2 Å². The first-order valence-electron chi connectivity index (χ1n) is 9.33. The monoisotopic (exact) mass is 594 g/mol. The number of benzene rings is 2. The third-order valence-corrected chi connectivity index (χ3v) is 5.28. The van der Waals surface area contributed by atoms with Crippen molar-refractivity contribution in [1.29, 1.82) is 0 Å². The molecule has 1 N–H and O–H groups in total. The zero-order valence-corrected chi connectivity index (χ0v) is 23.5. The van der Waals surface area contributed by atoms with Gasteiger partial charge >= 0.3 is 23.1 Å². The van der Waals surface area contributed by atoms with Gasteiger partial charge in [-0.25, -0.2) is 0 Å². The summed E-state index contributed by atoms with van der Waals surface area (Å²) in [6.07, 6.45) is 0. The molecule has 184 valence electrons. The summed E-state index contributed by atoms with van der Waals surface area (Å²) in [5, 5.41) is 11.6. The van der Waals surface area contributed by atoms with Crippen molar-refractivity contribution in [3.63, 3.8) is 0 Å². The molecule has 0 saturated heterocycles. The maximum absolute atomic E-state index is 11.7. The average Bonchev–Trinajstić information content (AvgIpc) is 2.81. The average molecular weight is 597 g/mol. The third-order valence-electron chi connectivity index (χ3n) is 4.78. The van der Waals surface area contributed by atoms with Crippen molar-refractivity contribution >= 4 is 52.0 Å². The quantitative estimate of drug-likeness (QED) is 0.276. The Morgan fingerprint density at radius 3 is 1.69 bits per heavy atom. The second kappa shape index (κ2) is 15.4. The van der Waals surface area contributed by atoms with Gasteiger partial charge in [0.25, 0.3) is 5.43 Å². The van der Waals surface area contributed by atoms with Crippen molar-refractivity contribution in [3.8, 4) is 5.75 Å². The van der Waals surface area contributed by atoms with E-state index < -0.39 is 16.5 Å². The van der Waals surface area contributed by atoms with Crippen molar-refractivity contribution in [3.05, 3.63) is 108 Å². The predicted octanol–water partition coefficient (Wildman–Crippen LogP) is 1.03. The van der Waals surface area contributed by atoms with Gasteiger partial charge in [-0.05, 0) is 31.5 Å². The first-order chi connectivity index (χ1) is 15.1. The van der Waals surface area contributed by atoms with Crippen molar-refractivity contribution in [2.45, 2.75) is 26.9 Å². The van der Waals surface area contributed by atoms with Gasteiger partial charge in [0.15, 0.2) is 5.75 Å². The fraction of sp³-hybridized carbons (Fsp3) is 0.240. The summed E-state index contributed by atoms with van der Waals surface area (Å²) < 4.78 is 9.64. The van der Waals surface area contributed by atoms with Crippen LogP contribution in [0.5, 0.6) is 5.75 Å². The number of ether oxygens (including phenoxy) is 2. The Kier molecular flexibility index (Phi) is 15.6. The maximum Gasteiger partial charge on any atom is 2.00 e. The number of aliphatic hydroxyl groups is 1. The molecule has 10 heteroatoms. The molecular weight excluding hydrogens is 571 g/mol. The summed E-state index contributed by atoms with van der Waals surface area (Å²) in [5.74, 6) is 0.187. The second-order valence-corrected chi connectivity index (χ2v) is 7.61. The molecule has 1 aliphatic carbocycles. The number of halogens is 3. The normalized spacial score (nSPS) is 15.5. The number of rotatable bonds is 3. The predicted molar refractivity (Wildman–Crippen MR) is 135 cm³/mol. The summed E-state index contributed by atoms with van der Waals surface area (Å²) in [6.45, 7) is 3.20. The molecule has 0 fully saturated rings. The SMILES string of the molecule is C.COC1=C(C)C(=O)C1(O)c1ccc(Cl)cc1.COc1c(C)c(=O)c1=O.Clc1cc[c-]cc1.[Br-].[Mg+2]. The number of ketones is 1. The van der Waals surface area contributed by atoms with E-state index in [0.29, 0.717) is 27.5 Å². The van der Waals surface area contributed by atoms with E-state index in [4.69, 9.17) is 27.9 Å². The van der Waals surface area contributed by atoms with Crippen molar-refractivity contribution < 1.29 is 36.4 Å². The van der Waals surface area contributed by atoms with E-state index in [1.807, 2.05) is 0 Å². The van der Waals surface area contributed by atoms with Crippen LogP contribution in [0.15, 0.2) is 69.5 Å². The van der Waals surface area contributed by atoms with E-state index >= 15 is 0 Å². The first-order valence-corrected chi connectivity index (χ1v) is 10.1. The third kappa shape index (κ3) is 7.65. The van der Waals surface area contributed by atoms with Crippen LogP contribution in [0.2, 0.25) is 10.0 Å². The molecule has 0 amide bonds. The summed E-state index contributed by atoms with van der Waals surface area (Å²) in [5.41, 5.74) is -1.20. The van der Waals surface area contributed by atoms with Crippen LogP contribution in [0.1, 0.15) is 25.5 Å². The molecule has 0 spiro atoms. The van der Waals surface area contributed by atoms with Crippen LogP contribution in [-0.2, 0) is 15.1 Å². The molecule has 0 radical (unpaired) electrons. The molecule has 0 heterocycles. The van der Waals surface area contributed by atoms with E-state index in [0.717, 1.165) is 5.02 Å². The van der Waals surface area contributed by atoms with Gasteiger partial charge in [-0.3, -0.25) is 14.4 Å². The smallest absolute Gasteiger partial charge is 1.00 e. The maximum atomic E-state index is 11.7. The van der Waals surface area contributed by atoms with E-state index in [1.54, 1.807) is 62.4 Å². The number of hydrogen-bond donors (Lipinski definition) is 1. The Bertz CT molecular complexity index is 1210. The van der Waals surface area contributed by atoms with Gasteiger partial charge in [-0.1, -0.05) is 36.2 Å². The molecule has 6 nitrogen and oxygen atoms in total. The van der Waals surface area contributed by atoms with Crippen LogP contribution >= 0.6 is 23.2 Å². The molecule has 1 unspecified atom stereocenters. The van der Waals surface area contributed by atoms with Crippen LogP contribution < -0.4 is 32.6 Å². The number of hydrogen-bond acceptors (Lipinski definition) is 6. The Balaban J connectivity index is 0. The molecule has 0 saturated carbocycles. The number of Topliss-reactive ketones (excluding diaryl/α,β-unsaturated/α-hetero) is 1. The molecule has 0 bridgehead atoms. The van der Waals surface area contributed by atoms with Crippen LogP contribution in [0.25, 0.3) is 0 Å². The number of methoxy groups -OCH3 is 2. The minimum Gasteiger partial charge on any atom is -1.00 e. The minimum absolute atomic E-state index is 0. The van der Waals surface area contributed by atoms with Gasteiger partial charge in [0.2, 0.25) is 16.8 Å². The van der Waals surface area contributed by atoms with Gasteiger partial charge in [0.05, 0.1) is 14.2 Å². The Morgan fingerprint density at radius 1 is 0.857 bits per heavy atom. The van der Waals surface area contributed by atoms with Gasteiger partial charge in [-0.15, -0.1) is 11.6 Å². The van der Waals surface area contributed by atoms with Gasteiger partial charge in [0, 0.05) is 16.2 Å². The molecular formula is C25H25BrCl2MgO6. The fourth-order valence-electron chi connectivity index (χ4n) is 3.04. The molecule has 0 aliphatic heterocycles.